The van der Waals surface area contributed by atoms with E-state index in [0.717, 1.165) is 6.07 Å². The van der Waals surface area contributed by atoms with Gasteiger partial charge in [-0.1, -0.05) is 15.9 Å². The Hall–Kier alpha value is -0.660. The third-order valence-electron chi connectivity index (χ3n) is 2.39. The normalized spacial score (nSPS) is 11.6. The fourth-order valence-corrected chi connectivity index (χ4v) is 3.41. The van der Waals surface area contributed by atoms with Crippen molar-refractivity contribution < 1.29 is 18.0 Å². The van der Waals surface area contributed by atoms with Gasteiger partial charge in [-0.3, -0.25) is 4.79 Å². The number of thiophene rings is 1. The first-order valence-electron chi connectivity index (χ1n) is 4.94. The maximum atomic E-state index is 12.8. The van der Waals surface area contributed by atoms with Crippen molar-refractivity contribution in [3.05, 3.63) is 54.6 Å². The number of hydrogen-bond acceptors (Lipinski definition) is 2. The van der Waals surface area contributed by atoms with Crippen LogP contribution in [0.3, 0.4) is 0 Å². The van der Waals surface area contributed by atoms with Gasteiger partial charge in [0.2, 0.25) is 0 Å². The van der Waals surface area contributed by atoms with Crippen molar-refractivity contribution >= 4 is 49.0 Å². The summed E-state index contributed by atoms with van der Waals surface area (Å²) in [5.41, 5.74) is -0.486. The lowest BCUT2D eigenvalue weighted by atomic mass is 10.0. The maximum Gasteiger partial charge on any atom is 0.417 e. The van der Waals surface area contributed by atoms with Gasteiger partial charge in [0.15, 0.2) is 5.78 Å². The molecular weight excluding hydrogens is 409 g/mol. The highest BCUT2D eigenvalue weighted by Gasteiger charge is 2.33. The van der Waals surface area contributed by atoms with Crippen molar-refractivity contribution in [3.63, 3.8) is 0 Å². The van der Waals surface area contributed by atoms with Crippen LogP contribution in [-0.2, 0) is 6.18 Å². The largest absolute Gasteiger partial charge is 0.417 e. The van der Waals surface area contributed by atoms with Gasteiger partial charge in [0, 0.05) is 30.8 Å². The first kappa shape index (κ1) is 14.7. The Morgan fingerprint density at radius 3 is 2.32 bits per heavy atom. The van der Waals surface area contributed by atoms with E-state index in [4.69, 9.17) is 0 Å². The molecule has 0 saturated carbocycles. The Bertz CT molecular complexity index is 634. The Morgan fingerprint density at radius 2 is 1.79 bits per heavy atom. The first-order chi connectivity index (χ1) is 8.80. The van der Waals surface area contributed by atoms with Crippen molar-refractivity contribution in [2.24, 2.45) is 0 Å². The molecule has 7 heteroatoms. The minimum absolute atomic E-state index is 0.00891. The molecule has 0 aliphatic carbocycles. The molecule has 2 rings (SSSR count). The number of halogens is 5. The highest BCUT2D eigenvalue weighted by atomic mass is 79.9. The van der Waals surface area contributed by atoms with Crippen molar-refractivity contribution in [2.45, 2.75) is 6.18 Å². The zero-order chi connectivity index (χ0) is 14.2. The Balaban J connectivity index is 2.48. The molecule has 0 N–H and O–H groups in total. The molecule has 0 aliphatic heterocycles. The summed E-state index contributed by atoms with van der Waals surface area (Å²) in [6.45, 7) is 0. The molecule has 19 heavy (non-hydrogen) atoms. The molecule has 0 aliphatic rings. The second kappa shape index (κ2) is 5.38. The van der Waals surface area contributed by atoms with E-state index in [1.807, 2.05) is 0 Å². The summed E-state index contributed by atoms with van der Waals surface area (Å²) in [7, 11) is 0. The highest BCUT2D eigenvalue weighted by molar-refractivity contribution is 9.10. The van der Waals surface area contributed by atoms with Gasteiger partial charge in [-0.05, 0) is 34.1 Å². The summed E-state index contributed by atoms with van der Waals surface area (Å²) in [5, 5.41) is 3.30. The SMILES string of the molecule is O=C(c1ccc(Br)c(C(F)(F)F)c1)c1cscc1Br. The van der Waals surface area contributed by atoms with Crippen LogP contribution in [0.1, 0.15) is 21.5 Å². The lowest BCUT2D eigenvalue weighted by molar-refractivity contribution is -0.138. The van der Waals surface area contributed by atoms with Gasteiger partial charge in [0.05, 0.1) is 5.56 Å². The number of alkyl halides is 3. The molecule has 0 fully saturated rings. The van der Waals surface area contributed by atoms with Crippen LogP contribution >= 0.6 is 43.2 Å². The van der Waals surface area contributed by atoms with E-state index in [1.165, 1.54) is 23.5 Å². The Kier molecular flexibility index (Phi) is 4.17. The van der Waals surface area contributed by atoms with Crippen molar-refractivity contribution in [2.75, 3.05) is 0 Å². The van der Waals surface area contributed by atoms with Crippen LogP contribution in [-0.4, -0.2) is 5.78 Å². The molecule has 1 aromatic heterocycles. The molecule has 100 valence electrons. The van der Waals surface area contributed by atoms with Crippen LogP contribution in [0.15, 0.2) is 37.9 Å². The van der Waals surface area contributed by atoms with Gasteiger partial charge in [-0.2, -0.15) is 24.5 Å². The molecule has 1 nitrogen and oxygen atoms in total. The molecule has 0 saturated heterocycles. The second-order valence-corrected chi connectivity index (χ2v) is 6.11. The number of rotatable bonds is 2. The molecule has 0 atom stereocenters. The summed E-state index contributed by atoms with van der Waals surface area (Å²) in [6, 6.07) is 3.46. The summed E-state index contributed by atoms with van der Waals surface area (Å²) in [5.74, 6) is -0.439. The molecule has 0 spiro atoms. The van der Waals surface area contributed by atoms with Crippen molar-refractivity contribution in [1.82, 2.24) is 0 Å². The number of benzene rings is 1. The van der Waals surface area contributed by atoms with E-state index in [-0.39, 0.29) is 10.0 Å². The van der Waals surface area contributed by atoms with Gasteiger partial charge in [0.25, 0.3) is 0 Å². The topological polar surface area (TPSA) is 17.1 Å². The minimum Gasteiger partial charge on any atom is -0.289 e. The van der Waals surface area contributed by atoms with Gasteiger partial charge < -0.3 is 0 Å². The van der Waals surface area contributed by atoms with Crippen molar-refractivity contribution in [3.8, 4) is 0 Å². The molecule has 1 aromatic carbocycles. The molecule has 1 heterocycles. The van der Waals surface area contributed by atoms with Crippen LogP contribution in [0.5, 0.6) is 0 Å². The maximum absolute atomic E-state index is 12.8. The smallest absolute Gasteiger partial charge is 0.289 e. The Morgan fingerprint density at radius 1 is 1.11 bits per heavy atom. The fourth-order valence-electron chi connectivity index (χ4n) is 1.48. The molecule has 2 aromatic rings. The van der Waals surface area contributed by atoms with Gasteiger partial charge in [-0.25, -0.2) is 0 Å². The van der Waals surface area contributed by atoms with Crippen LogP contribution in [0.25, 0.3) is 0 Å². The predicted molar refractivity (Wildman–Crippen MR) is 74.6 cm³/mol. The van der Waals surface area contributed by atoms with Crippen LogP contribution in [0.4, 0.5) is 13.2 Å². The molecule has 0 radical (unpaired) electrons. The molecule has 0 amide bonds. The number of ketones is 1. The third-order valence-corrected chi connectivity index (χ3v) is 4.79. The standard InChI is InChI=1S/C12H5Br2F3OS/c13-9-2-1-6(3-8(9)12(15,16)17)11(18)7-4-19-5-10(7)14/h1-5H. The van der Waals surface area contributed by atoms with Crippen LogP contribution in [0, 0.1) is 0 Å². The van der Waals surface area contributed by atoms with Gasteiger partial charge in [0.1, 0.15) is 0 Å². The first-order valence-corrected chi connectivity index (χ1v) is 7.46. The van der Waals surface area contributed by atoms with Crippen LogP contribution < -0.4 is 0 Å². The van der Waals surface area contributed by atoms with Crippen LogP contribution in [0.2, 0.25) is 0 Å². The van der Waals surface area contributed by atoms with E-state index in [1.54, 1.807) is 10.8 Å². The summed E-state index contributed by atoms with van der Waals surface area (Å²) >= 11 is 7.34. The van der Waals surface area contributed by atoms with E-state index in [2.05, 4.69) is 31.9 Å². The number of carbonyl (C=O) groups excluding carboxylic acids is 1. The lowest BCUT2D eigenvalue weighted by Gasteiger charge is -2.10. The van der Waals surface area contributed by atoms with E-state index in [0.29, 0.717) is 10.0 Å². The summed E-state index contributed by atoms with van der Waals surface area (Å²) in [4.78, 5) is 12.1. The number of carbonyl (C=O) groups is 1. The number of hydrogen-bond donors (Lipinski definition) is 0. The lowest BCUT2D eigenvalue weighted by Crippen LogP contribution is -2.09. The quantitative estimate of drug-likeness (QED) is 0.592. The van der Waals surface area contributed by atoms with Gasteiger partial charge >= 0.3 is 6.18 Å². The molecule has 0 unspecified atom stereocenters. The average Bonchev–Trinajstić information content (AvgIpc) is 2.73. The minimum atomic E-state index is -4.50. The second-order valence-electron chi connectivity index (χ2n) is 3.65. The van der Waals surface area contributed by atoms with E-state index < -0.39 is 17.5 Å². The van der Waals surface area contributed by atoms with Crippen molar-refractivity contribution in [1.29, 1.82) is 0 Å². The Labute approximate surface area is 127 Å². The monoisotopic (exact) mass is 412 g/mol. The third kappa shape index (κ3) is 3.09. The fraction of sp³-hybridized carbons (Fsp3) is 0.0833. The highest BCUT2D eigenvalue weighted by Crippen LogP contribution is 2.36. The van der Waals surface area contributed by atoms with Gasteiger partial charge in [-0.15, -0.1) is 0 Å². The summed E-state index contributed by atoms with van der Waals surface area (Å²) < 4.78 is 38.8. The molecular formula is C12H5Br2F3OS. The zero-order valence-electron chi connectivity index (χ0n) is 9.09. The zero-order valence-corrected chi connectivity index (χ0v) is 13.1. The summed E-state index contributed by atoms with van der Waals surface area (Å²) in [6.07, 6.45) is -4.50. The van der Waals surface area contributed by atoms with E-state index in [9.17, 15) is 18.0 Å². The predicted octanol–water partition coefficient (Wildman–Crippen LogP) is 5.52. The molecule has 0 bridgehead atoms. The van der Waals surface area contributed by atoms with E-state index >= 15 is 0 Å². The average molecular weight is 414 g/mol.